The third-order valence-corrected chi connectivity index (χ3v) is 3.77. The van der Waals surface area contributed by atoms with Crippen LogP contribution in [0.25, 0.3) is 0 Å². The average molecular weight is 281 g/mol. The molecule has 1 aliphatic heterocycles. The van der Waals surface area contributed by atoms with E-state index in [-0.39, 0.29) is 17.2 Å². The van der Waals surface area contributed by atoms with Crippen molar-refractivity contribution in [2.24, 2.45) is 0 Å². The van der Waals surface area contributed by atoms with E-state index >= 15 is 0 Å². The number of hydrogen-bond acceptors (Lipinski definition) is 1. The van der Waals surface area contributed by atoms with Gasteiger partial charge in [0.25, 0.3) is 0 Å². The van der Waals surface area contributed by atoms with Gasteiger partial charge in [0.05, 0.1) is 17.6 Å². The quantitative estimate of drug-likeness (QED) is 0.574. The lowest BCUT2D eigenvalue weighted by atomic mass is 10.0. The molecule has 5 heteroatoms. The molecule has 3 unspecified atom stereocenters. The summed E-state index contributed by atoms with van der Waals surface area (Å²) in [5, 5.41) is -0.422. The van der Waals surface area contributed by atoms with E-state index in [0.29, 0.717) is 5.56 Å². The SMILES string of the molecule is CC1CCC(C(Cl)c2cc(F)c(F)cc2Cl)O1. The van der Waals surface area contributed by atoms with Gasteiger partial charge in [0.15, 0.2) is 11.6 Å². The Morgan fingerprint density at radius 2 is 1.94 bits per heavy atom. The van der Waals surface area contributed by atoms with Crippen LogP contribution in [0.5, 0.6) is 0 Å². The molecule has 0 saturated carbocycles. The Morgan fingerprint density at radius 3 is 2.53 bits per heavy atom. The molecule has 1 fully saturated rings. The molecule has 2 rings (SSSR count). The van der Waals surface area contributed by atoms with E-state index in [1.54, 1.807) is 0 Å². The molecule has 1 aliphatic rings. The van der Waals surface area contributed by atoms with Crippen molar-refractivity contribution in [3.8, 4) is 0 Å². The minimum atomic E-state index is -0.969. The minimum Gasteiger partial charge on any atom is -0.373 e. The summed E-state index contributed by atoms with van der Waals surface area (Å²) in [6.45, 7) is 1.95. The Labute approximate surface area is 109 Å². The second-order valence-electron chi connectivity index (χ2n) is 4.25. The molecule has 1 nitrogen and oxygen atoms in total. The van der Waals surface area contributed by atoms with Crippen LogP contribution in [0.1, 0.15) is 30.7 Å². The Balaban J connectivity index is 2.24. The normalized spacial score (nSPS) is 26.2. The van der Waals surface area contributed by atoms with E-state index in [1.807, 2.05) is 6.92 Å². The summed E-state index contributed by atoms with van der Waals surface area (Å²) in [5.74, 6) is -1.91. The highest BCUT2D eigenvalue weighted by atomic mass is 35.5. The van der Waals surface area contributed by atoms with Crippen molar-refractivity contribution in [2.45, 2.75) is 37.4 Å². The van der Waals surface area contributed by atoms with E-state index in [9.17, 15) is 8.78 Å². The Kier molecular flexibility index (Phi) is 3.91. The second-order valence-corrected chi connectivity index (χ2v) is 5.13. The third-order valence-electron chi connectivity index (χ3n) is 2.93. The Morgan fingerprint density at radius 1 is 1.29 bits per heavy atom. The molecule has 94 valence electrons. The molecule has 0 N–H and O–H groups in total. The largest absolute Gasteiger partial charge is 0.373 e. The molecule has 17 heavy (non-hydrogen) atoms. The molecule has 0 bridgehead atoms. The lowest BCUT2D eigenvalue weighted by Gasteiger charge is -2.19. The fraction of sp³-hybridized carbons (Fsp3) is 0.500. The maximum atomic E-state index is 13.2. The van der Waals surface area contributed by atoms with Crippen molar-refractivity contribution in [3.05, 3.63) is 34.4 Å². The summed E-state index contributed by atoms with van der Waals surface area (Å²) in [6, 6.07) is 1.99. The highest BCUT2D eigenvalue weighted by molar-refractivity contribution is 6.32. The van der Waals surface area contributed by atoms with Gasteiger partial charge in [0, 0.05) is 5.02 Å². The molecular weight excluding hydrogens is 269 g/mol. The van der Waals surface area contributed by atoms with E-state index in [4.69, 9.17) is 27.9 Å². The Hall–Kier alpha value is -0.380. The molecule has 3 atom stereocenters. The zero-order valence-electron chi connectivity index (χ0n) is 9.22. The second kappa shape index (κ2) is 5.09. The van der Waals surface area contributed by atoms with Crippen LogP contribution in [-0.4, -0.2) is 12.2 Å². The van der Waals surface area contributed by atoms with Crippen molar-refractivity contribution >= 4 is 23.2 Å². The predicted molar refractivity (Wildman–Crippen MR) is 63.5 cm³/mol. The molecule has 1 aromatic carbocycles. The first kappa shape index (κ1) is 13.1. The topological polar surface area (TPSA) is 9.23 Å². The number of halogens is 4. The molecule has 1 heterocycles. The van der Waals surface area contributed by atoms with Crippen LogP contribution in [0, 0.1) is 11.6 Å². The molecule has 1 aromatic rings. The number of hydrogen-bond donors (Lipinski definition) is 0. The molecule has 0 radical (unpaired) electrons. The summed E-state index contributed by atoms with van der Waals surface area (Å²) in [6.07, 6.45) is 1.65. The van der Waals surface area contributed by atoms with Gasteiger partial charge in [-0.25, -0.2) is 8.78 Å². The molecule has 0 spiro atoms. The number of ether oxygens (including phenoxy) is 1. The van der Waals surface area contributed by atoms with Crippen molar-refractivity contribution in [1.82, 2.24) is 0 Å². The van der Waals surface area contributed by atoms with Gasteiger partial charge in [-0.3, -0.25) is 0 Å². The van der Waals surface area contributed by atoms with Crippen LogP contribution in [0.2, 0.25) is 5.02 Å². The zero-order valence-corrected chi connectivity index (χ0v) is 10.7. The first-order chi connectivity index (χ1) is 7.99. The molecule has 0 aromatic heterocycles. The van der Waals surface area contributed by atoms with Crippen LogP contribution in [-0.2, 0) is 4.74 Å². The summed E-state index contributed by atoms with van der Waals surface area (Å²) in [7, 11) is 0. The van der Waals surface area contributed by atoms with E-state index in [0.717, 1.165) is 25.0 Å². The van der Waals surface area contributed by atoms with Crippen LogP contribution in [0.3, 0.4) is 0 Å². The minimum absolute atomic E-state index is 0.132. The zero-order chi connectivity index (χ0) is 12.6. The molecule has 0 amide bonds. The van der Waals surface area contributed by atoms with Crippen LogP contribution < -0.4 is 0 Å². The third kappa shape index (κ3) is 2.72. The number of rotatable bonds is 2. The van der Waals surface area contributed by atoms with Gasteiger partial charge in [0.2, 0.25) is 0 Å². The number of alkyl halides is 1. The van der Waals surface area contributed by atoms with Crippen LogP contribution >= 0.6 is 23.2 Å². The maximum absolute atomic E-state index is 13.2. The fourth-order valence-corrected chi connectivity index (χ4v) is 2.69. The highest BCUT2D eigenvalue weighted by Crippen LogP contribution is 2.38. The predicted octanol–water partition coefficient (Wildman–Crippen LogP) is 4.47. The van der Waals surface area contributed by atoms with Crippen molar-refractivity contribution < 1.29 is 13.5 Å². The summed E-state index contributed by atoms with van der Waals surface area (Å²) in [5.41, 5.74) is 0.381. The lowest BCUT2D eigenvalue weighted by molar-refractivity contribution is 0.0533. The summed E-state index contributed by atoms with van der Waals surface area (Å²) in [4.78, 5) is 0. The van der Waals surface area contributed by atoms with Gasteiger partial charge in [-0.1, -0.05) is 11.6 Å². The smallest absolute Gasteiger partial charge is 0.160 e. The van der Waals surface area contributed by atoms with Crippen LogP contribution in [0.15, 0.2) is 12.1 Å². The summed E-state index contributed by atoms with van der Waals surface area (Å²) < 4.78 is 31.7. The summed E-state index contributed by atoms with van der Waals surface area (Å²) >= 11 is 12.1. The van der Waals surface area contributed by atoms with Crippen molar-refractivity contribution in [1.29, 1.82) is 0 Å². The first-order valence-corrected chi connectivity index (χ1v) is 6.24. The number of benzene rings is 1. The maximum Gasteiger partial charge on any atom is 0.160 e. The van der Waals surface area contributed by atoms with Crippen molar-refractivity contribution in [2.75, 3.05) is 0 Å². The molecule has 1 saturated heterocycles. The van der Waals surface area contributed by atoms with Gasteiger partial charge in [-0.15, -0.1) is 11.6 Å². The molecule has 0 aliphatic carbocycles. The van der Waals surface area contributed by atoms with E-state index < -0.39 is 17.0 Å². The van der Waals surface area contributed by atoms with E-state index in [2.05, 4.69) is 0 Å². The van der Waals surface area contributed by atoms with Gasteiger partial charge in [-0.05, 0) is 37.5 Å². The van der Waals surface area contributed by atoms with Gasteiger partial charge in [-0.2, -0.15) is 0 Å². The van der Waals surface area contributed by atoms with Gasteiger partial charge >= 0.3 is 0 Å². The van der Waals surface area contributed by atoms with Gasteiger partial charge < -0.3 is 4.74 Å². The van der Waals surface area contributed by atoms with Gasteiger partial charge in [0.1, 0.15) is 0 Å². The van der Waals surface area contributed by atoms with E-state index in [1.165, 1.54) is 0 Å². The molecular formula is C12H12Cl2F2O. The van der Waals surface area contributed by atoms with Crippen LogP contribution in [0.4, 0.5) is 8.78 Å². The highest BCUT2D eigenvalue weighted by Gasteiger charge is 2.31. The fourth-order valence-electron chi connectivity index (χ4n) is 2.00. The van der Waals surface area contributed by atoms with Crippen molar-refractivity contribution in [3.63, 3.8) is 0 Å². The first-order valence-electron chi connectivity index (χ1n) is 5.43. The average Bonchev–Trinajstić information content (AvgIpc) is 2.69. The monoisotopic (exact) mass is 280 g/mol. The Bertz CT molecular complexity index is 425. The lowest BCUT2D eigenvalue weighted by Crippen LogP contribution is -2.15. The standard InChI is InChI=1S/C12H12Cl2F2O/c1-6-2-3-11(17-6)12(14)7-4-9(15)10(16)5-8(7)13/h4-6,11-12H,2-3H2,1H3.